The van der Waals surface area contributed by atoms with Crippen LogP contribution in [0.15, 0.2) is 77.8 Å². The number of aliphatic imine (C=N–C) groups is 1. The topological polar surface area (TPSA) is 82.6 Å². The Hall–Kier alpha value is -3.93. The number of hydrogen-bond acceptors (Lipinski definition) is 4. The Kier molecular flexibility index (Phi) is 5.30. The van der Waals surface area contributed by atoms with Gasteiger partial charge in [-0.1, -0.05) is 30.3 Å². The van der Waals surface area contributed by atoms with Crippen LogP contribution in [0.25, 0.3) is 0 Å². The maximum absolute atomic E-state index is 11.5. The van der Waals surface area contributed by atoms with Gasteiger partial charge in [0.15, 0.2) is 0 Å². The first-order valence-corrected chi connectivity index (χ1v) is 9.69. The van der Waals surface area contributed by atoms with E-state index in [-0.39, 0.29) is 17.9 Å². The van der Waals surface area contributed by atoms with Gasteiger partial charge in [-0.2, -0.15) is 0 Å². The average molecular weight is 398 g/mol. The third kappa shape index (κ3) is 4.22. The molecule has 4 rings (SSSR count). The molecule has 0 spiro atoms. The molecule has 0 radical (unpaired) electrons. The summed E-state index contributed by atoms with van der Waals surface area (Å²) in [6.07, 6.45) is 0. The zero-order chi connectivity index (χ0) is 21.1. The van der Waals surface area contributed by atoms with Gasteiger partial charge in [-0.15, -0.1) is 0 Å². The van der Waals surface area contributed by atoms with Crippen molar-refractivity contribution in [2.75, 3.05) is 16.0 Å². The molecule has 0 aromatic heterocycles. The fraction of sp³-hybridized carbons (Fsp3) is 0.125. The molecule has 0 bridgehead atoms. The summed E-state index contributed by atoms with van der Waals surface area (Å²) in [6.45, 7) is 2.98. The van der Waals surface area contributed by atoms with Crippen molar-refractivity contribution in [3.8, 4) is 0 Å². The Morgan fingerprint density at radius 1 is 0.833 bits per heavy atom. The quantitative estimate of drug-likeness (QED) is 0.602. The number of carbonyl (C=O) groups excluding carboxylic acids is 2. The third-order valence-corrected chi connectivity index (χ3v) is 4.77. The van der Waals surface area contributed by atoms with Crippen molar-refractivity contribution in [2.45, 2.75) is 19.9 Å². The molecular weight excluding hydrogens is 376 g/mol. The van der Waals surface area contributed by atoms with Crippen molar-refractivity contribution < 1.29 is 9.59 Å². The summed E-state index contributed by atoms with van der Waals surface area (Å²) in [6, 6.07) is 23.2. The van der Waals surface area contributed by atoms with Crippen LogP contribution in [0.3, 0.4) is 0 Å². The highest BCUT2D eigenvalue weighted by molar-refractivity contribution is 6.10. The van der Waals surface area contributed by atoms with Crippen LogP contribution in [0.5, 0.6) is 0 Å². The summed E-state index contributed by atoms with van der Waals surface area (Å²) in [5.74, 6) is 0.528. The van der Waals surface area contributed by atoms with Crippen molar-refractivity contribution in [1.29, 1.82) is 0 Å². The molecule has 2 amide bonds. The number of anilines is 3. The maximum Gasteiger partial charge on any atom is 0.221 e. The minimum Gasteiger partial charge on any atom is -0.340 e. The summed E-state index contributed by atoms with van der Waals surface area (Å²) in [5, 5.41) is 9.02. The molecular formula is C24H22N4O2. The van der Waals surface area contributed by atoms with E-state index >= 15 is 0 Å². The largest absolute Gasteiger partial charge is 0.340 e. The predicted molar refractivity (Wildman–Crippen MR) is 120 cm³/mol. The molecule has 1 aliphatic heterocycles. The van der Waals surface area contributed by atoms with Gasteiger partial charge in [0.1, 0.15) is 11.9 Å². The van der Waals surface area contributed by atoms with Gasteiger partial charge in [0.2, 0.25) is 11.8 Å². The molecule has 0 unspecified atom stereocenters. The zero-order valence-electron chi connectivity index (χ0n) is 16.8. The lowest BCUT2D eigenvalue weighted by molar-refractivity contribution is -0.115. The SMILES string of the molecule is CC(=O)Nc1ccc(C2=N[C@@H](c3ccccc3)c3cc(NC(C)=O)ccc3N2)cc1. The summed E-state index contributed by atoms with van der Waals surface area (Å²) in [5.41, 5.74) is 5.39. The number of amidine groups is 1. The summed E-state index contributed by atoms with van der Waals surface area (Å²) in [4.78, 5) is 27.7. The number of carbonyl (C=O) groups is 2. The molecule has 6 heteroatoms. The molecule has 0 fully saturated rings. The van der Waals surface area contributed by atoms with Gasteiger partial charge in [0, 0.05) is 42.0 Å². The second kappa shape index (κ2) is 8.21. The molecule has 6 nitrogen and oxygen atoms in total. The van der Waals surface area contributed by atoms with Gasteiger partial charge in [0.25, 0.3) is 0 Å². The second-order valence-corrected chi connectivity index (χ2v) is 7.16. The van der Waals surface area contributed by atoms with E-state index in [2.05, 4.69) is 16.0 Å². The van der Waals surface area contributed by atoms with Crippen molar-refractivity contribution >= 4 is 34.7 Å². The van der Waals surface area contributed by atoms with Crippen LogP contribution in [0, 0.1) is 0 Å². The summed E-state index contributed by atoms with van der Waals surface area (Å²) in [7, 11) is 0. The second-order valence-electron chi connectivity index (χ2n) is 7.16. The highest BCUT2D eigenvalue weighted by Gasteiger charge is 2.24. The van der Waals surface area contributed by atoms with Gasteiger partial charge in [-0.3, -0.25) is 14.6 Å². The lowest BCUT2D eigenvalue weighted by Crippen LogP contribution is -2.22. The Bertz CT molecular complexity index is 1120. The fourth-order valence-electron chi connectivity index (χ4n) is 3.49. The summed E-state index contributed by atoms with van der Waals surface area (Å²) < 4.78 is 0. The van der Waals surface area contributed by atoms with Gasteiger partial charge in [0.05, 0.1) is 0 Å². The van der Waals surface area contributed by atoms with Crippen molar-refractivity contribution in [3.63, 3.8) is 0 Å². The number of fused-ring (bicyclic) bond motifs is 1. The van der Waals surface area contributed by atoms with Crippen LogP contribution in [-0.4, -0.2) is 17.6 Å². The number of nitrogens with zero attached hydrogens (tertiary/aromatic N) is 1. The molecule has 3 aromatic carbocycles. The molecule has 1 atom stereocenters. The number of hydrogen-bond donors (Lipinski definition) is 3. The highest BCUT2D eigenvalue weighted by Crippen LogP contribution is 2.37. The molecule has 0 saturated carbocycles. The van der Waals surface area contributed by atoms with Crippen LogP contribution in [0.4, 0.5) is 17.1 Å². The standard InChI is InChI=1S/C24H22N4O2/c1-15(29)25-19-10-8-18(9-11-19)24-27-22-13-12-20(26-16(2)30)14-21(22)23(28-24)17-6-4-3-5-7-17/h3-14,23H,1-2H3,(H,25,29)(H,26,30)(H,27,28)/t23-/m0/s1. The maximum atomic E-state index is 11.5. The van der Waals surface area contributed by atoms with E-state index in [0.717, 1.165) is 39.6 Å². The normalized spacial score (nSPS) is 14.7. The van der Waals surface area contributed by atoms with Crippen LogP contribution in [0.2, 0.25) is 0 Å². The highest BCUT2D eigenvalue weighted by atomic mass is 16.2. The van der Waals surface area contributed by atoms with E-state index in [4.69, 9.17) is 4.99 Å². The Labute approximate surface area is 175 Å². The van der Waals surface area contributed by atoms with Crippen molar-refractivity contribution in [2.24, 2.45) is 4.99 Å². The Morgan fingerprint density at radius 3 is 2.13 bits per heavy atom. The number of rotatable bonds is 4. The lowest BCUT2D eigenvalue weighted by atomic mass is 9.95. The molecule has 0 saturated heterocycles. The number of amides is 2. The first-order valence-electron chi connectivity index (χ1n) is 9.69. The fourth-order valence-corrected chi connectivity index (χ4v) is 3.49. The van der Waals surface area contributed by atoms with Crippen LogP contribution in [0.1, 0.15) is 36.6 Å². The van der Waals surface area contributed by atoms with Crippen LogP contribution < -0.4 is 16.0 Å². The van der Waals surface area contributed by atoms with E-state index in [1.54, 1.807) is 0 Å². The minimum atomic E-state index is -0.207. The van der Waals surface area contributed by atoms with Crippen molar-refractivity contribution in [1.82, 2.24) is 0 Å². The number of benzene rings is 3. The predicted octanol–water partition coefficient (Wildman–Crippen LogP) is 4.57. The van der Waals surface area contributed by atoms with Gasteiger partial charge >= 0.3 is 0 Å². The molecule has 150 valence electrons. The van der Waals surface area contributed by atoms with Gasteiger partial charge in [-0.05, 0) is 48.0 Å². The first-order chi connectivity index (χ1) is 14.5. The average Bonchev–Trinajstić information content (AvgIpc) is 2.73. The molecule has 0 aliphatic carbocycles. The van der Waals surface area contributed by atoms with Gasteiger partial charge < -0.3 is 16.0 Å². The Morgan fingerprint density at radius 2 is 1.47 bits per heavy atom. The minimum absolute atomic E-state index is 0.107. The molecule has 1 heterocycles. The van der Waals surface area contributed by atoms with E-state index in [1.807, 2.05) is 72.8 Å². The van der Waals surface area contributed by atoms with E-state index in [9.17, 15) is 9.59 Å². The summed E-state index contributed by atoms with van der Waals surface area (Å²) >= 11 is 0. The van der Waals surface area contributed by atoms with E-state index in [1.165, 1.54) is 13.8 Å². The lowest BCUT2D eigenvalue weighted by Gasteiger charge is -2.26. The Balaban J connectivity index is 1.74. The number of nitrogens with one attached hydrogen (secondary N) is 3. The third-order valence-electron chi connectivity index (χ3n) is 4.77. The smallest absolute Gasteiger partial charge is 0.221 e. The van der Waals surface area contributed by atoms with Gasteiger partial charge in [-0.25, -0.2) is 0 Å². The van der Waals surface area contributed by atoms with E-state index < -0.39 is 0 Å². The van der Waals surface area contributed by atoms with Crippen LogP contribution in [-0.2, 0) is 9.59 Å². The monoisotopic (exact) mass is 398 g/mol. The van der Waals surface area contributed by atoms with E-state index in [0.29, 0.717) is 0 Å². The van der Waals surface area contributed by atoms with Crippen molar-refractivity contribution in [3.05, 3.63) is 89.5 Å². The molecule has 1 aliphatic rings. The molecule has 3 aromatic rings. The molecule has 30 heavy (non-hydrogen) atoms. The molecule has 3 N–H and O–H groups in total. The first kappa shape index (κ1) is 19.4. The zero-order valence-corrected chi connectivity index (χ0v) is 16.8. The van der Waals surface area contributed by atoms with Crippen LogP contribution >= 0.6 is 0 Å².